The zero-order chi connectivity index (χ0) is 19.5. The molecule has 0 fully saturated rings. The fourth-order valence-corrected chi connectivity index (χ4v) is 2.96. The highest BCUT2D eigenvalue weighted by molar-refractivity contribution is 9.10. The van der Waals surface area contributed by atoms with E-state index in [1.54, 1.807) is 48.7 Å². The minimum Gasteiger partial charge on any atom is -0.484 e. The molecule has 0 saturated carbocycles. The third kappa shape index (κ3) is 3.74. The molecule has 0 saturated heterocycles. The number of nitrogens with zero attached hydrogens (tertiary/aromatic N) is 6. The maximum atomic E-state index is 8.82. The van der Waals surface area contributed by atoms with E-state index in [1.165, 1.54) is 4.68 Å². The Labute approximate surface area is 172 Å². The van der Waals surface area contributed by atoms with Crippen molar-refractivity contribution >= 4 is 27.5 Å². The van der Waals surface area contributed by atoms with Gasteiger partial charge in [-0.2, -0.15) is 10.4 Å². The van der Waals surface area contributed by atoms with E-state index in [0.29, 0.717) is 32.5 Å². The topological polar surface area (TPSA) is 103 Å². The highest BCUT2D eigenvalue weighted by Gasteiger charge is 2.19. The van der Waals surface area contributed by atoms with Gasteiger partial charge in [0, 0.05) is 12.3 Å². The fraction of sp³-hybridized carbons (Fsp3) is 0.0556. The van der Waals surface area contributed by atoms with Crippen LogP contribution in [0.2, 0.25) is 5.02 Å². The Balaban J connectivity index is 1.56. The Morgan fingerprint density at radius 3 is 2.79 bits per heavy atom. The van der Waals surface area contributed by atoms with Gasteiger partial charge in [-0.1, -0.05) is 11.6 Å². The number of benzene rings is 1. The fourth-order valence-electron chi connectivity index (χ4n) is 2.39. The summed E-state index contributed by atoms with van der Waals surface area (Å²) >= 11 is 9.57. The third-order valence-electron chi connectivity index (χ3n) is 3.65. The van der Waals surface area contributed by atoms with E-state index in [9.17, 15) is 0 Å². The molecule has 0 N–H and O–H groups in total. The van der Waals surface area contributed by atoms with Gasteiger partial charge in [-0.05, 0) is 52.3 Å². The second kappa shape index (κ2) is 7.80. The minimum atomic E-state index is 0.0819. The molecule has 28 heavy (non-hydrogen) atoms. The summed E-state index contributed by atoms with van der Waals surface area (Å²) in [5.74, 6) is 1.57. The first-order valence-electron chi connectivity index (χ1n) is 7.96. The molecule has 0 aliphatic carbocycles. The molecule has 0 spiro atoms. The van der Waals surface area contributed by atoms with Crippen molar-refractivity contribution in [1.29, 1.82) is 5.26 Å². The molecule has 10 heteroatoms. The monoisotopic (exact) mass is 456 g/mol. The summed E-state index contributed by atoms with van der Waals surface area (Å²) in [7, 11) is 0. The molecule has 0 amide bonds. The number of halogens is 2. The Bertz CT molecular complexity index is 1170. The first-order valence-corrected chi connectivity index (χ1v) is 9.13. The number of nitriles is 1. The average Bonchev–Trinajstić information content (AvgIpc) is 3.33. The van der Waals surface area contributed by atoms with Gasteiger partial charge in [0.05, 0.1) is 16.7 Å². The second-order valence-electron chi connectivity index (χ2n) is 5.50. The Morgan fingerprint density at radius 2 is 2.04 bits per heavy atom. The van der Waals surface area contributed by atoms with Crippen LogP contribution in [0.3, 0.4) is 0 Å². The SMILES string of the molecule is N#Cc1ccc(OCc2nnc(-c3cc(Br)nn3-c3ncccc3Cl)o2)cc1. The van der Waals surface area contributed by atoms with Gasteiger partial charge < -0.3 is 9.15 Å². The lowest BCUT2D eigenvalue weighted by Crippen LogP contribution is -2.02. The van der Waals surface area contributed by atoms with Crippen LogP contribution in [0.15, 0.2) is 57.7 Å². The van der Waals surface area contributed by atoms with Crippen molar-refractivity contribution < 1.29 is 9.15 Å². The summed E-state index contributed by atoms with van der Waals surface area (Å²) in [6.45, 7) is 0.0819. The molecule has 0 radical (unpaired) electrons. The van der Waals surface area contributed by atoms with E-state index in [4.69, 9.17) is 26.0 Å². The van der Waals surface area contributed by atoms with Crippen LogP contribution in [0.5, 0.6) is 5.75 Å². The standard InChI is InChI=1S/C18H10BrClN6O2/c19-15-8-14(26(25-15)17-13(20)2-1-7-22-17)18-24-23-16(28-18)10-27-12-5-3-11(9-21)4-6-12/h1-8H,10H2. The largest absolute Gasteiger partial charge is 0.484 e. The Morgan fingerprint density at radius 1 is 1.21 bits per heavy atom. The summed E-state index contributed by atoms with van der Waals surface area (Å²) in [5, 5.41) is 21.7. The van der Waals surface area contributed by atoms with E-state index in [0.717, 1.165) is 0 Å². The van der Waals surface area contributed by atoms with Gasteiger partial charge >= 0.3 is 0 Å². The van der Waals surface area contributed by atoms with Crippen molar-refractivity contribution in [1.82, 2.24) is 25.0 Å². The summed E-state index contributed by atoms with van der Waals surface area (Å²) < 4.78 is 13.4. The van der Waals surface area contributed by atoms with Crippen molar-refractivity contribution in [3.8, 4) is 29.2 Å². The lowest BCUT2D eigenvalue weighted by atomic mass is 10.2. The smallest absolute Gasteiger partial charge is 0.266 e. The van der Waals surface area contributed by atoms with Gasteiger partial charge in [-0.3, -0.25) is 0 Å². The number of rotatable bonds is 5. The summed E-state index contributed by atoms with van der Waals surface area (Å²) in [6.07, 6.45) is 1.62. The molecular formula is C18H10BrClN6O2. The highest BCUT2D eigenvalue weighted by Crippen LogP contribution is 2.27. The molecule has 0 aliphatic heterocycles. The average molecular weight is 458 g/mol. The van der Waals surface area contributed by atoms with Gasteiger partial charge in [-0.25, -0.2) is 9.67 Å². The number of hydrogen-bond acceptors (Lipinski definition) is 7. The molecule has 0 atom stereocenters. The number of ether oxygens (including phenoxy) is 1. The lowest BCUT2D eigenvalue weighted by Gasteiger charge is -2.05. The maximum Gasteiger partial charge on any atom is 0.266 e. The molecule has 0 bridgehead atoms. The van der Waals surface area contributed by atoms with Crippen LogP contribution in [-0.4, -0.2) is 25.0 Å². The molecule has 3 heterocycles. The van der Waals surface area contributed by atoms with Crippen LogP contribution >= 0.6 is 27.5 Å². The van der Waals surface area contributed by atoms with E-state index >= 15 is 0 Å². The molecule has 4 rings (SSSR count). The first kappa shape index (κ1) is 18.2. The van der Waals surface area contributed by atoms with Crippen LogP contribution < -0.4 is 4.74 Å². The van der Waals surface area contributed by atoms with E-state index in [-0.39, 0.29) is 18.4 Å². The summed E-state index contributed by atoms with van der Waals surface area (Å²) in [6, 6.07) is 14.0. The Kier molecular flexibility index (Phi) is 5.06. The van der Waals surface area contributed by atoms with E-state index < -0.39 is 0 Å². The number of aromatic nitrogens is 5. The van der Waals surface area contributed by atoms with Crippen LogP contribution in [0.1, 0.15) is 11.5 Å². The quantitative estimate of drug-likeness (QED) is 0.443. The van der Waals surface area contributed by atoms with E-state index in [2.05, 4.69) is 42.3 Å². The zero-order valence-corrected chi connectivity index (χ0v) is 16.4. The molecule has 0 unspecified atom stereocenters. The van der Waals surface area contributed by atoms with Crippen molar-refractivity contribution in [2.24, 2.45) is 0 Å². The predicted octanol–water partition coefficient (Wildman–Crippen LogP) is 4.18. The molecule has 1 aromatic carbocycles. The van der Waals surface area contributed by atoms with Crippen LogP contribution in [0.25, 0.3) is 17.4 Å². The molecule has 4 aromatic rings. The number of hydrogen-bond donors (Lipinski definition) is 0. The summed E-state index contributed by atoms with van der Waals surface area (Å²) in [4.78, 5) is 4.26. The van der Waals surface area contributed by atoms with Gasteiger partial charge in [0.15, 0.2) is 12.4 Å². The first-order chi connectivity index (χ1) is 13.6. The highest BCUT2D eigenvalue weighted by atomic mass is 79.9. The van der Waals surface area contributed by atoms with Crippen LogP contribution in [-0.2, 0) is 6.61 Å². The van der Waals surface area contributed by atoms with E-state index in [1.807, 2.05) is 0 Å². The molecule has 8 nitrogen and oxygen atoms in total. The summed E-state index contributed by atoms with van der Waals surface area (Å²) in [5.41, 5.74) is 1.09. The van der Waals surface area contributed by atoms with Crippen LogP contribution in [0.4, 0.5) is 0 Å². The van der Waals surface area contributed by atoms with Gasteiger partial charge in [0.2, 0.25) is 0 Å². The zero-order valence-electron chi connectivity index (χ0n) is 14.1. The molecule has 138 valence electrons. The normalized spacial score (nSPS) is 10.6. The van der Waals surface area contributed by atoms with Crippen molar-refractivity contribution in [3.63, 3.8) is 0 Å². The van der Waals surface area contributed by atoms with Crippen molar-refractivity contribution in [2.45, 2.75) is 6.61 Å². The molecular weight excluding hydrogens is 448 g/mol. The van der Waals surface area contributed by atoms with Crippen molar-refractivity contribution in [2.75, 3.05) is 0 Å². The van der Waals surface area contributed by atoms with Gasteiger partial charge in [-0.15, -0.1) is 10.2 Å². The predicted molar refractivity (Wildman–Crippen MR) is 103 cm³/mol. The maximum absolute atomic E-state index is 8.82. The lowest BCUT2D eigenvalue weighted by molar-refractivity contribution is 0.264. The van der Waals surface area contributed by atoms with Crippen LogP contribution in [0, 0.1) is 11.3 Å². The van der Waals surface area contributed by atoms with Gasteiger partial charge in [0.25, 0.3) is 11.8 Å². The molecule has 0 aliphatic rings. The van der Waals surface area contributed by atoms with Crippen molar-refractivity contribution in [3.05, 3.63) is 69.7 Å². The molecule has 3 aromatic heterocycles. The van der Waals surface area contributed by atoms with Gasteiger partial charge in [0.1, 0.15) is 16.0 Å². The minimum absolute atomic E-state index is 0.0819. The number of pyridine rings is 1. The second-order valence-corrected chi connectivity index (χ2v) is 6.72. The Hall–Kier alpha value is -3.22. The third-order valence-corrected chi connectivity index (χ3v) is 4.33.